The van der Waals surface area contributed by atoms with Crippen LogP contribution in [0.5, 0.6) is 11.5 Å². The molecule has 2 aromatic carbocycles. The SMILES string of the molecule is Oc1cccc(OCc2ccccc2)c1-c1nc(-c2ccccn2)n[nH]1. The zero-order valence-corrected chi connectivity index (χ0v) is 13.8. The van der Waals surface area contributed by atoms with Crippen LogP contribution in [0.4, 0.5) is 0 Å². The van der Waals surface area contributed by atoms with Crippen molar-refractivity contribution in [3.63, 3.8) is 0 Å². The zero-order valence-electron chi connectivity index (χ0n) is 13.8. The van der Waals surface area contributed by atoms with E-state index in [2.05, 4.69) is 20.2 Å². The number of aromatic amines is 1. The highest BCUT2D eigenvalue weighted by Gasteiger charge is 2.17. The molecule has 0 aliphatic carbocycles. The van der Waals surface area contributed by atoms with E-state index in [0.717, 1.165) is 5.56 Å². The van der Waals surface area contributed by atoms with E-state index < -0.39 is 0 Å². The molecule has 0 saturated carbocycles. The Morgan fingerprint density at radius 3 is 2.58 bits per heavy atom. The lowest BCUT2D eigenvalue weighted by atomic mass is 10.1. The molecular weight excluding hydrogens is 328 g/mol. The smallest absolute Gasteiger partial charge is 0.200 e. The number of phenolic OH excluding ortho intramolecular Hbond substituents is 1. The summed E-state index contributed by atoms with van der Waals surface area (Å²) in [5.41, 5.74) is 2.16. The number of hydrogen-bond acceptors (Lipinski definition) is 5. The number of H-pyrrole nitrogens is 1. The molecule has 0 spiro atoms. The van der Waals surface area contributed by atoms with Gasteiger partial charge in [-0.15, -0.1) is 0 Å². The van der Waals surface area contributed by atoms with Crippen molar-refractivity contribution >= 4 is 0 Å². The van der Waals surface area contributed by atoms with Gasteiger partial charge < -0.3 is 9.84 Å². The average molecular weight is 344 g/mol. The van der Waals surface area contributed by atoms with Crippen LogP contribution in [0, 0.1) is 0 Å². The standard InChI is InChI=1S/C20H16N4O2/c25-16-10-6-11-17(26-13-14-7-2-1-3-8-14)18(16)20-22-19(23-24-20)15-9-4-5-12-21-15/h1-12,25H,13H2,(H,22,23,24). The van der Waals surface area contributed by atoms with Crippen LogP contribution in [-0.4, -0.2) is 25.3 Å². The number of hydrogen-bond donors (Lipinski definition) is 2. The maximum absolute atomic E-state index is 10.3. The van der Waals surface area contributed by atoms with Gasteiger partial charge in [-0.25, -0.2) is 4.98 Å². The molecule has 0 amide bonds. The van der Waals surface area contributed by atoms with Crippen molar-refractivity contribution < 1.29 is 9.84 Å². The van der Waals surface area contributed by atoms with Gasteiger partial charge in [0.2, 0.25) is 0 Å². The Kier molecular flexibility index (Phi) is 4.30. The van der Waals surface area contributed by atoms with Crippen LogP contribution in [0.1, 0.15) is 5.56 Å². The third kappa shape index (κ3) is 3.25. The summed E-state index contributed by atoms with van der Waals surface area (Å²) in [6.07, 6.45) is 1.68. The zero-order chi connectivity index (χ0) is 17.8. The molecule has 4 aromatic rings. The first-order valence-corrected chi connectivity index (χ1v) is 8.14. The van der Waals surface area contributed by atoms with Crippen molar-refractivity contribution in [1.82, 2.24) is 20.2 Å². The lowest BCUT2D eigenvalue weighted by Crippen LogP contribution is -1.97. The van der Waals surface area contributed by atoms with E-state index in [1.165, 1.54) is 0 Å². The number of nitrogens with zero attached hydrogens (tertiary/aromatic N) is 3. The molecule has 2 heterocycles. The maximum atomic E-state index is 10.3. The largest absolute Gasteiger partial charge is 0.507 e. The second kappa shape index (κ2) is 7.06. The van der Waals surface area contributed by atoms with Gasteiger partial charge in [0, 0.05) is 6.20 Å². The first-order chi connectivity index (χ1) is 12.8. The van der Waals surface area contributed by atoms with E-state index in [4.69, 9.17) is 4.74 Å². The Balaban J connectivity index is 1.65. The molecule has 2 aromatic heterocycles. The second-order valence-corrected chi connectivity index (χ2v) is 5.65. The predicted molar refractivity (Wildman–Crippen MR) is 97.5 cm³/mol. The van der Waals surface area contributed by atoms with E-state index >= 15 is 0 Å². The third-order valence-corrected chi connectivity index (χ3v) is 3.86. The molecule has 128 valence electrons. The van der Waals surface area contributed by atoms with Crippen molar-refractivity contribution in [3.8, 4) is 34.4 Å². The minimum Gasteiger partial charge on any atom is -0.507 e. The van der Waals surface area contributed by atoms with Crippen LogP contribution >= 0.6 is 0 Å². The number of pyridine rings is 1. The van der Waals surface area contributed by atoms with Gasteiger partial charge in [0.25, 0.3) is 0 Å². The normalized spacial score (nSPS) is 10.6. The van der Waals surface area contributed by atoms with Gasteiger partial charge in [-0.3, -0.25) is 10.1 Å². The summed E-state index contributed by atoms with van der Waals surface area (Å²) < 4.78 is 5.91. The number of phenols is 1. The number of aromatic nitrogens is 4. The molecule has 2 N–H and O–H groups in total. The monoisotopic (exact) mass is 344 g/mol. The van der Waals surface area contributed by atoms with Crippen LogP contribution in [0.25, 0.3) is 22.9 Å². The summed E-state index contributed by atoms with van der Waals surface area (Å²) in [6, 6.07) is 20.5. The van der Waals surface area contributed by atoms with Crippen molar-refractivity contribution in [3.05, 3.63) is 78.5 Å². The Morgan fingerprint density at radius 2 is 1.77 bits per heavy atom. The fourth-order valence-electron chi connectivity index (χ4n) is 2.60. The molecule has 0 radical (unpaired) electrons. The van der Waals surface area contributed by atoms with E-state index in [1.807, 2.05) is 48.5 Å². The highest BCUT2D eigenvalue weighted by molar-refractivity contribution is 5.72. The Morgan fingerprint density at radius 1 is 0.923 bits per heavy atom. The summed E-state index contributed by atoms with van der Waals surface area (Å²) in [7, 11) is 0. The number of ether oxygens (including phenoxy) is 1. The van der Waals surface area contributed by atoms with Crippen molar-refractivity contribution in [2.45, 2.75) is 6.61 Å². The molecule has 0 saturated heterocycles. The van der Waals surface area contributed by atoms with Gasteiger partial charge in [0.15, 0.2) is 11.6 Å². The quantitative estimate of drug-likeness (QED) is 0.575. The fourth-order valence-corrected chi connectivity index (χ4v) is 2.60. The first kappa shape index (κ1) is 15.8. The Hall–Kier alpha value is -3.67. The fraction of sp³-hybridized carbons (Fsp3) is 0.0500. The molecule has 0 aliphatic heterocycles. The summed E-state index contributed by atoms with van der Waals surface area (Å²) in [5, 5.41) is 17.4. The highest BCUT2D eigenvalue weighted by Crippen LogP contribution is 2.36. The lowest BCUT2D eigenvalue weighted by Gasteiger charge is -2.11. The molecule has 0 fully saturated rings. The van der Waals surface area contributed by atoms with Crippen LogP contribution in [0.2, 0.25) is 0 Å². The number of aromatic hydroxyl groups is 1. The van der Waals surface area contributed by atoms with Crippen LogP contribution < -0.4 is 4.74 Å². The number of nitrogens with one attached hydrogen (secondary N) is 1. The minimum atomic E-state index is 0.0688. The number of benzene rings is 2. The molecule has 6 nitrogen and oxygen atoms in total. The molecule has 0 unspecified atom stereocenters. The van der Waals surface area contributed by atoms with Crippen molar-refractivity contribution in [1.29, 1.82) is 0 Å². The predicted octanol–water partition coefficient (Wildman–Crippen LogP) is 3.82. The topological polar surface area (TPSA) is 83.9 Å². The van der Waals surface area contributed by atoms with Gasteiger partial charge in [-0.05, 0) is 29.8 Å². The molecule has 0 aliphatic rings. The molecule has 6 heteroatoms. The van der Waals surface area contributed by atoms with Crippen LogP contribution in [0.15, 0.2) is 72.9 Å². The van der Waals surface area contributed by atoms with Crippen LogP contribution in [-0.2, 0) is 6.61 Å². The molecule has 4 rings (SSSR count). The molecular formula is C20H16N4O2. The first-order valence-electron chi connectivity index (χ1n) is 8.14. The highest BCUT2D eigenvalue weighted by atomic mass is 16.5. The van der Waals surface area contributed by atoms with Crippen LogP contribution in [0.3, 0.4) is 0 Å². The summed E-state index contributed by atoms with van der Waals surface area (Å²) >= 11 is 0. The lowest BCUT2D eigenvalue weighted by molar-refractivity contribution is 0.306. The number of rotatable bonds is 5. The summed E-state index contributed by atoms with van der Waals surface area (Å²) in [4.78, 5) is 8.70. The van der Waals surface area contributed by atoms with Gasteiger partial charge in [0.1, 0.15) is 29.4 Å². The Labute approximate surface area is 150 Å². The van der Waals surface area contributed by atoms with Crippen molar-refractivity contribution in [2.24, 2.45) is 0 Å². The maximum Gasteiger partial charge on any atom is 0.200 e. The average Bonchev–Trinajstić information content (AvgIpc) is 3.17. The molecule has 26 heavy (non-hydrogen) atoms. The van der Waals surface area contributed by atoms with E-state index in [0.29, 0.717) is 35.3 Å². The molecule has 0 bridgehead atoms. The summed E-state index contributed by atoms with van der Waals surface area (Å²) in [6.45, 7) is 0.387. The van der Waals surface area contributed by atoms with Crippen molar-refractivity contribution in [2.75, 3.05) is 0 Å². The summed E-state index contributed by atoms with van der Waals surface area (Å²) in [5.74, 6) is 1.47. The van der Waals surface area contributed by atoms with Gasteiger partial charge in [0.05, 0.1) is 0 Å². The second-order valence-electron chi connectivity index (χ2n) is 5.65. The minimum absolute atomic E-state index is 0.0688. The Bertz CT molecular complexity index is 1000. The van der Waals surface area contributed by atoms with Gasteiger partial charge >= 0.3 is 0 Å². The van der Waals surface area contributed by atoms with Gasteiger partial charge in [-0.2, -0.15) is 5.10 Å². The van der Waals surface area contributed by atoms with E-state index in [1.54, 1.807) is 24.4 Å². The van der Waals surface area contributed by atoms with E-state index in [-0.39, 0.29) is 5.75 Å². The molecule has 0 atom stereocenters. The van der Waals surface area contributed by atoms with E-state index in [9.17, 15) is 5.11 Å². The van der Waals surface area contributed by atoms with Gasteiger partial charge in [-0.1, -0.05) is 42.5 Å². The third-order valence-electron chi connectivity index (χ3n) is 3.86.